The summed E-state index contributed by atoms with van der Waals surface area (Å²) in [4.78, 5) is 12.4. The summed E-state index contributed by atoms with van der Waals surface area (Å²) in [6.45, 7) is 10.6. The zero-order valence-corrected chi connectivity index (χ0v) is 14.4. The van der Waals surface area contributed by atoms with Crippen LogP contribution in [-0.4, -0.2) is 29.7 Å². The molecule has 0 saturated heterocycles. The molecule has 1 amide bonds. The monoisotopic (exact) mass is 306 g/mol. The van der Waals surface area contributed by atoms with Gasteiger partial charge in [-0.2, -0.15) is 0 Å². The van der Waals surface area contributed by atoms with Gasteiger partial charge in [0.1, 0.15) is 0 Å². The van der Waals surface area contributed by atoms with E-state index in [0.29, 0.717) is 23.9 Å². The Balaban J connectivity index is 2.81. The Labute approximate surface area is 134 Å². The lowest BCUT2D eigenvalue weighted by Gasteiger charge is -2.22. The zero-order valence-electron chi connectivity index (χ0n) is 14.4. The first kappa shape index (κ1) is 18.5. The average molecular weight is 306 g/mol. The molecule has 4 heteroatoms. The molecule has 2 unspecified atom stereocenters. The first-order valence-corrected chi connectivity index (χ1v) is 8.14. The van der Waals surface area contributed by atoms with Crippen LogP contribution in [0.1, 0.15) is 56.5 Å². The van der Waals surface area contributed by atoms with Crippen LogP contribution in [0, 0.1) is 12.8 Å². The molecule has 0 aromatic heterocycles. The van der Waals surface area contributed by atoms with E-state index in [-0.39, 0.29) is 18.6 Å². The number of hydrogen-bond donors (Lipinski definition) is 3. The maximum Gasteiger partial charge on any atom is 0.251 e. The normalized spacial score (nSPS) is 13.8. The van der Waals surface area contributed by atoms with E-state index in [1.165, 1.54) is 0 Å². The molecular formula is C18H30N2O2. The van der Waals surface area contributed by atoms with Gasteiger partial charge in [-0.25, -0.2) is 0 Å². The molecule has 0 saturated carbocycles. The van der Waals surface area contributed by atoms with Crippen LogP contribution in [0.3, 0.4) is 0 Å². The smallest absolute Gasteiger partial charge is 0.251 e. The molecule has 2 atom stereocenters. The highest BCUT2D eigenvalue weighted by molar-refractivity contribution is 5.97. The van der Waals surface area contributed by atoms with E-state index < -0.39 is 0 Å². The molecule has 1 aromatic carbocycles. The van der Waals surface area contributed by atoms with Crippen molar-refractivity contribution in [2.75, 3.05) is 11.9 Å². The third kappa shape index (κ3) is 5.34. The minimum atomic E-state index is -0.0520. The molecule has 0 bridgehead atoms. The molecule has 0 spiro atoms. The summed E-state index contributed by atoms with van der Waals surface area (Å²) in [5.74, 6) is 0.471. The van der Waals surface area contributed by atoms with Crippen molar-refractivity contribution in [2.24, 2.45) is 5.92 Å². The van der Waals surface area contributed by atoms with Gasteiger partial charge >= 0.3 is 0 Å². The van der Waals surface area contributed by atoms with Gasteiger partial charge in [-0.3, -0.25) is 4.79 Å². The third-order valence-corrected chi connectivity index (χ3v) is 4.13. The molecule has 0 aliphatic carbocycles. The minimum Gasteiger partial charge on any atom is -0.396 e. The Morgan fingerprint density at radius 1 is 1.23 bits per heavy atom. The fourth-order valence-corrected chi connectivity index (χ4v) is 2.22. The molecule has 1 rings (SSSR count). The SMILES string of the molecule is Cc1c(NC(C)C(C)C)cccc1C(=O)NC(C)CCCO. The molecule has 0 heterocycles. The summed E-state index contributed by atoms with van der Waals surface area (Å²) in [5.41, 5.74) is 2.69. The van der Waals surface area contributed by atoms with E-state index in [1.54, 1.807) is 0 Å². The van der Waals surface area contributed by atoms with Crippen molar-refractivity contribution in [3.05, 3.63) is 29.3 Å². The molecule has 0 fully saturated rings. The number of rotatable bonds is 8. The number of aliphatic hydroxyl groups excluding tert-OH is 1. The Morgan fingerprint density at radius 2 is 1.91 bits per heavy atom. The largest absolute Gasteiger partial charge is 0.396 e. The number of carbonyl (C=O) groups excluding carboxylic acids is 1. The lowest BCUT2D eigenvalue weighted by Crippen LogP contribution is -2.33. The number of carbonyl (C=O) groups is 1. The predicted octanol–water partition coefficient (Wildman–Crippen LogP) is 3.34. The summed E-state index contributed by atoms with van der Waals surface area (Å²) in [6, 6.07) is 6.19. The number of anilines is 1. The van der Waals surface area contributed by atoms with Crippen molar-refractivity contribution in [3.8, 4) is 0 Å². The lowest BCUT2D eigenvalue weighted by atomic mass is 10.0. The van der Waals surface area contributed by atoms with E-state index >= 15 is 0 Å². The number of nitrogens with one attached hydrogen (secondary N) is 2. The van der Waals surface area contributed by atoms with Crippen molar-refractivity contribution in [3.63, 3.8) is 0 Å². The summed E-state index contributed by atoms with van der Waals surface area (Å²) in [5, 5.41) is 15.3. The van der Waals surface area contributed by atoms with Crippen molar-refractivity contribution >= 4 is 11.6 Å². The van der Waals surface area contributed by atoms with Gasteiger partial charge in [-0.1, -0.05) is 19.9 Å². The Morgan fingerprint density at radius 3 is 2.50 bits per heavy atom. The topological polar surface area (TPSA) is 61.4 Å². The van der Waals surface area contributed by atoms with Crippen molar-refractivity contribution in [2.45, 2.75) is 59.5 Å². The van der Waals surface area contributed by atoms with E-state index in [4.69, 9.17) is 5.11 Å². The third-order valence-electron chi connectivity index (χ3n) is 4.13. The second kappa shape index (κ2) is 8.79. The second-order valence-electron chi connectivity index (χ2n) is 6.40. The highest BCUT2D eigenvalue weighted by Crippen LogP contribution is 2.21. The van der Waals surface area contributed by atoms with Crippen LogP contribution >= 0.6 is 0 Å². The molecule has 1 aromatic rings. The summed E-state index contributed by atoms with van der Waals surface area (Å²) in [6.07, 6.45) is 1.48. The number of hydrogen-bond acceptors (Lipinski definition) is 3. The van der Waals surface area contributed by atoms with Gasteiger partial charge in [0.2, 0.25) is 0 Å². The van der Waals surface area contributed by atoms with Crippen molar-refractivity contribution in [1.29, 1.82) is 0 Å². The number of benzene rings is 1. The fraction of sp³-hybridized carbons (Fsp3) is 0.611. The van der Waals surface area contributed by atoms with Gasteiger partial charge in [0, 0.05) is 29.9 Å². The second-order valence-corrected chi connectivity index (χ2v) is 6.40. The molecule has 0 aliphatic rings. The van der Waals surface area contributed by atoms with Crippen LogP contribution in [0.5, 0.6) is 0 Å². The molecule has 0 radical (unpaired) electrons. The molecule has 4 nitrogen and oxygen atoms in total. The summed E-state index contributed by atoms with van der Waals surface area (Å²) in [7, 11) is 0. The van der Waals surface area contributed by atoms with Crippen molar-refractivity contribution in [1.82, 2.24) is 5.32 Å². The van der Waals surface area contributed by atoms with Crippen LogP contribution in [0.25, 0.3) is 0 Å². The van der Waals surface area contributed by atoms with Gasteiger partial charge in [0.05, 0.1) is 0 Å². The van der Waals surface area contributed by atoms with Crippen LogP contribution in [0.4, 0.5) is 5.69 Å². The highest BCUT2D eigenvalue weighted by Gasteiger charge is 2.15. The number of amides is 1. The Bertz CT molecular complexity index is 486. The standard InChI is InChI=1S/C18H30N2O2/c1-12(2)15(5)20-17-10-6-9-16(14(17)4)18(22)19-13(3)8-7-11-21/h6,9-10,12-13,15,20-21H,7-8,11H2,1-5H3,(H,19,22). The van der Waals surface area contributed by atoms with Gasteiger partial charge in [0.25, 0.3) is 5.91 Å². The van der Waals surface area contributed by atoms with Gasteiger partial charge in [-0.05, 0) is 57.2 Å². The van der Waals surface area contributed by atoms with E-state index in [1.807, 2.05) is 32.0 Å². The van der Waals surface area contributed by atoms with Crippen LogP contribution in [0.2, 0.25) is 0 Å². The zero-order chi connectivity index (χ0) is 16.7. The minimum absolute atomic E-state index is 0.0520. The first-order valence-electron chi connectivity index (χ1n) is 8.14. The van der Waals surface area contributed by atoms with Crippen LogP contribution in [-0.2, 0) is 0 Å². The molecular weight excluding hydrogens is 276 g/mol. The lowest BCUT2D eigenvalue weighted by molar-refractivity contribution is 0.0936. The van der Waals surface area contributed by atoms with E-state index in [0.717, 1.165) is 17.7 Å². The molecule has 0 aliphatic heterocycles. The van der Waals surface area contributed by atoms with Gasteiger partial charge < -0.3 is 15.7 Å². The highest BCUT2D eigenvalue weighted by atomic mass is 16.3. The fourth-order valence-electron chi connectivity index (χ4n) is 2.22. The molecule has 22 heavy (non-hydrogen) atoms. The van der Waals surface area contributed by atoms with E-state index in [2.05, 4.69) is 31.4 Å². The Hall–Kier alpha value is -1.55. The van der Waals surface area contributed by atoms with Crippen LogP contribution < -0.4 is 10.6 Å². The van der Waals surface area contributed by atoms with Crippen LogP contribution in [0.15, 0.2) is 18.2 Å². The predicted molar refractivity (Wildman–Crippen MR) is 92.3 cm³/mol. The average Bonchev–Trinajstić information content (AvgIpc) is 2.46. The first-order chi connectivity index (χ1) is 10.4. The number of aliphatic hydroxyl groups is 1. The van der Waals surface area contributed by atoms with E-state index in [9.17, 15) is 4.79 Å². The summed E-state index contributed by atoms with van der Waals surface area (Å²) >= 11 is 0. The Kier molecular flexibility index (Phi) is 7.39. The summed E-state index contributed by atoms with van der Waals surface area (Å²) < 4.78 is 0. The van der Waals surface area contributed by atoms with Gasteiger partial charge in [0.15, 0.2) is 0 Å². The maximum absolute atomic E-state index is 12.4. The molecule has 3 N–H and O–H groups in total. The quantitative estimate of drug-likeness (QED) is 0.690. The van der Waals surface area contributed by atoms with Gasteiger partial charge in [-0.15, -0.1) is 0 Å². The molecule has 124 valence electrons. The van der Waals surface area contributed by atoms with Crippen molar-refractivity contribution < 1.29 is 9.90 Å². The maximum atomic E-state index is 12.4.